The Kier molecular flexibility index (Phi) is 8.77. The predicted molar refractivity (Wildman–Crippen MR) is 269 cm³/mol. The molecule has 3 heterocycles. The minimum atomic E-state index is -0.437. The van der Waals surface area contributed by atoms with Gasteiger partial charge in [0.25, 0.3) is 6.33 Å². The van der Waals surface area contributed by atoms with Gasteiger partial charge >= 0.3 is 0 Å². The fourth-order valence-corrected chi connectivity index (χ4v) is 8.76. The molecule has 0 bridgehead atoms. The molecule has 0 saturated carbocycles. The summed E-state index contributed by atoms with van der Waals surface area (Å²) in [6, 6.07) is 45.7. The largest absolute Gasteiger partial charge is 0.458 e. The zero-order valence-corrected chi connectivity index (χ0v) is 38.6. The number of nitrogens with zero attached hydrogens (tertiary/aromatic N) is 4. The number of para-hydroxylation sites is 3. The highest BCUT2D eigenvalue weighted by Gasteiger charge is 2.26. The second-order valence-corrected chi connectivity index (χ2v) is 20.0. The number of ether oxygens (including phenoxy) is 1. The van der Waals surface area contributed by atoms with Gasteiger partial charge in [-0.05, 0) is 104 Å². The van der Waals surface area contributed by atoms with E-state index in [9.17, 15) is 2.74 Å². The molecule has 0 N–H and O–H groups in total. The normalized spacial score (nSPS) is 13.5. The van der Waals surface area contributed by atoms with Crippen molar-refractivity contribution in [3.63, 3.8) is 0 Å². The van der Waals surface area contributed by atoms with Crippen LogP contribution in [0.25, 0.3) is 72.3 Å². The van der Waals surface area contributed by atoms with Crippen LogP contribution in [0.15, 0.2) is 176 Å². The molecule has 10 rings (SSSR count). The Morgan fingerprint density at radius 3 is 1.94 bits per heavy atom. The highest BCUT2D eigenvalue weighted by molar-refractivity contribution is 6.09. The van der Waals surface area contributed by atoms with Crippen LogP contribution in [0.2, 0.25) is 0 Å². The molecule has 0 aliphatic heterocycles. The molecule has 0 aliphatic carbocycles. The van der Waals surface area contributed by atoms with Gasteiger partial charge in [0.05, 0.1) is 40.3 Å². The average Bonchev–Trinajstić information content (AvgIpc) is 3.88. The topological polar surface area (TPSA) is 35.9 Å². The molecule has 0 atom stereocenters. The van der Waals surface area contributed by atoms with Gasteiger partial charge in [-0.15, -0.1) is 0 Å². The Bertz CT molecular complexity index is 3690. The number of benzene rings is 7. The lowest BCUT2D eigenvalue weighted by atomic mass is 9.81. The molecule has 0 fully saturated rings. The zero-order chi connectivity index (χ0) is 49.6. The number of hydrogen-bond acceptors (Lipinski definition) is 2. The van der Waals surface area contributed by atoms with Crippen LogP contribution in [0.5, 0.6) is 11.5 Å². The first-order valence-corrected chi connectivity index (χ1v) is 22.3. The van der Waals surface area contributed by atoms with Gasteiger partial charge in [-0.25, -0.2) is 4.98 Å². The number of imidazole rings is 1. The van der Waals surface area contributed by atoms with Crippen LogP contribution < -0.4 is 9.30 Å². The Hall–Kier alpha value is -7.24. The van der Waals surface area contributed by atoms with Gasteiger partial charge in [-0.1, -0.05) is 177 Å². The van der Waals surface area contributed by atoms with Crippen molar-refractivity contribution in [3.8, 4) is 50.9 Å². The Morgan fingerprint density at radius 1 is 0.538 bits per heavy atom. The Balaban J connectivity index is 1.16. The first-order valence-electron chi connectivity index (χ1n) is 24.8. The maximum Gasteiger partial charge on any atom is 0.269 e. The standard InChI is InChI=1S/C60H56N4O/c1-58(2,3)42-22-17-21-41(33-42)51-35-44(60(7,8)9)34-50(40-19-11-10-12-20-40)57(51)63-39-62(53-27-15-16-28-54(53)63)45-23-18-24-46(37-45)65-47-29-30-49-48-25-13-14-26-52(48)64(55(49)38-47)56-36-43(31-32-61-56)59(4,5)6/h10-38H,1-9H3/i10D,11D,12D,19D,20D. The van der Waals surface area contributed by atoms with Gasteiger partial charge in [0.1, 0.15) is 17.3 Å². The number of fused-ring (bicyclic) bond motifs is 4. The van der Waals surface area contributed by atoms with Crippen molar-refractivity contribution >= 4 is 32.8 Å². The summed E-state index contributed by atoms with van der Waals surface area (Å²) in [5.41, 5.74) is 10.3. The van der Waals surface area contributed by atoms with Crippen molar-refractivity contribution in [1.29, 1.82) is 0 Å². The lowest BCUT2D eigenvalue weighted by molar-refractivity contribution is -0.571. The molecule has 65 heavy (non-hydrogen) atoms. The van der Waals surface area contributed by atoms with Gasteiger partial charge in [-0.2, -0.15) is 0 Å². The minimum Gasteiger partial charge on any atom is -0.458 e. The molecule has 5 heteroatoms. The molecule has 0 aliphatic rings. The van der Waals surface area contributed by atoms with E-state index in [1.165, 1.54) is 5.56 Å². The number of aromatic nitrogens is 4. The molecule has 0 amide bonds. The van der Waals surface area contributed by atoms with Gasteiger partial charge in [0.15, 0.2) is 0 Å². The summed E-state index contributed by atoms with van der Waals surface area (Å²) >= 11 is 0. The molecule has 0 radical (unpaired) electrons. The minimum absolute atomic E-state index is 0.0542. The van der Waals surface area contributed by atoms with Crippen molar-refractivity contribution in [1.82, 2.24) is 14.1 Å². The van der Waals surface area contributed by atoms with Crippen LogP contribution in [0.4, 0.5) is 0 Å². The molecule has 7 aromatic carbocycles. The summed E-state index contributed by atoms with van der Waals surface area (Å²) in [7, 11) is 0. The number of hydrogen-bond donors (Lipinski definition) is 0. The summed E-state index contributed by atoms with van der Waals surface area (Å²) in [5.74, 6) is 2.13. The molecule has 0 saturated heterocycles. The average molecular weight is 854 g/mol. The smallest absolute Gasteiger partial charge is 0.269 e. The third kappa shape index (κ3) is 7.80. The summed E-state index contributed by atoms with van der Waals surface area (Å²) in [6.45, 7) is 19.6. The van der Waals surface area contributed by atoms with E-state index in [0.29, 0.717) is 22.7 Å². The monoisotopic (exact) mass is 853 g/mol. The Morgan fingerprint density at radius 2 is 1.18 bits per heavy atom. The van der Waals surface area contributed by atoms with E-state index in [-0.39, 0.29) is 46.0 Å². The van der Waals surface area contributed by atoms with E-state index in [1.807, 2.05) is 76.0 Å². The van der Waals surface area contributed by atoms with Crippen molar-refractivity contribution in [2.24, 2.45) is 0 Å². The molecular formula is C60H56N4O. The summed E-state index contributed by atoms with van der Waals surface area (Å²) in [4.78, 5) is 4.87. The highest BCUT2D eigenvalue weighted by atomic mass is 16.5. The second kappa shape index (κ2) is 15.8. The second-order valence-electron chi connectivity index (χ2n) is 20.0. The maximum absolute atomic E-state index is 9.31. The molecule has 322 valence electrons. The SMILES string of the molecule is [2H]c1c([2H])c([2H])c(-c2cc(C(C)(C)C)cc(-c3cccc(C(C)(C)C)c3)c2-[n+]2[c-]n(-c3cccc(Oc4ccc5c6ccccc6n(-c6cc(C(C)(C)C)ccn6)c5c4)c3)c3ccccc32)c([2H])c1[2H]. The van der Waals surface area contributed by atoms with Crippen LogP contribution in [0.3, 0.4) is 0 Å². The van der Waals surface area contributed by atoms with Crippen LogP contribution in [0.1, 0.15) is 85.9 Å². The first kappa shape index (κ1) is 36.1. The lowest BCUT2D eigenvalue weighted by Gasteiger charge is -2.26. The van der Waals surface area contributed by atoms with E-state index in [1.54, 1.807) is 0 Å². The fraction of sp³-hybridized carbons (Fsp3) is 0.200. The van der Waals surface area contributed by atoms with E-state index < -0.39 is 6.04 Å². The number of pyridine rings is 1. The third-order valence-corrected chi connectivity index (χ3v) is 12.4. The van der Waals surface area contributed by atoms with Crippen LogP contribution in [-0.2, 0) is 16.2 Å². The zero-order valence-electron chi connectivity index (χ0n) is 43.6. The summed E-state index contributed by atoms with van der Waals surface area (Å²) in [5, 5.41) is 2.23. The van der Waals surface area contributed by atoms with Crippen LogP contribution >= 0.6 is 0 Å². The van der Waals surface area contributed by atoms with Gasteiger partial charge in [0.2, 0.25) is 0 Å². The molecular weight excluding hydrogens is 793 g/mol. The van der Waals surface area contributed by atoms with Crippen molar-refractivity contribution in [2.75, 3.05) is 0 Å². The van der Waals surface area contributed by atoms with E-state index in [2.05, 4.69) is 152 Å². The van der Waals surface area contributed by atoms with Gasteiger partial charge in [0, 0.05) is 23.0 Å². The predicted octanol–water partition coefficient (Wildman–Crippen LogP) is 15.2. The quantitative estimate of drug-likeness (QED) is 0.118. The van der Waals surface area contributed by atoms with E-state index >= 15 is 0 Å². The van der Waals surface area contributed by atoms with E-state index in [4.69, 9.17) is 13.8 Å². The third-order valence-electron chi connectivity index (χ3n) is 12.4. The fourth-order valence-electron chi connectivity index (χ4n) is 8.76. The van der Waals surface area contributed by atoms with Crippen molar-refractivity contribution < 1.29 is 16.2 Å². The summed E-state index contributed by atoms with van der Waals surface area (Å²) < 4.78 is 57.7. The molecule has 3 aromatic heterocycles. The molecule has 5 nitrogen and oxygen atoms in total. The van der Waals surface area contributed by atoms with E-state index in [0.717, 1.165) is 66.6 Å². The van der Waals surface area contributed by atoms with Crippen molar-refractivity contribution in [3.05, 3.63) is 199 Å². The molecule has 0 unspecified atom stereocenters. The highest BCUT2D eigenvalue weighted by Crippen LogP contribution is 2.41. The first-order chi connectivity index (χ1) is 33.2. The Labute approximate surface area is 390 Å². The van der Waals surface area contributed by atoms with Gasteiger partial charge < -0.3 is 4.74 Å². The molecule has 0 spiro atoms. The van der Waals surface area contributed by atoms with Crippen LogP contribution in [0, 0.1) is 6.33 Å². The summed E-state index contributed by atoms with van der Waals surface area (Å²) in [6.07, 6.45) is 5.60. The van der Waals surface area contributed by atoms with Crippen molar-refractivity contribution in [2.45, 2.75) is 78.6 Å². The van der Waals surface area contributed by atoms with Crippen LogP contribution in [-0.4, -0.2) is 14.1 Å². The number of rotatable bonds is 7. The maximum atomic E-state index is 9.31. The lowest BCUT2D eigenvalue weighted by Crippen LogP contribution is -2.32. The van der Waals surface area contributed by atoms with Gasteiger partial charge in [-0.3, -0.25) is 13.7 Å². The molecule has 10 aromatic rings.